The Morgan fingerprint density at radius 3 is 2.29 bits per heavy atom. The van der Waals surface area contributed by atoms with Crippen LogP contribution < -0.4 is 10.1 Å². The molecule has 1 amide bonds. The molecular weight excluding hydrogens is 476 g/mol. The predicted octanol–water partition coefficient (Wildman–Crippen LogP) is 6.98. The highest BCUT2D eigenvalue weighted by Crippen LogP contribution is 2.43. The third-order valence-corrected chi connectivity index (χ3v) is 7.98. The summed E-state index contributed by atoms with van der Waals surface area (Å²) >= 11 is 0. The molecule has 2 aromatic heterocycles. The van der Waals surface area contributed by atoms with Crippen LogP contribution in [0.2, 0.25) is 0 Å². The maximum absolute atomic E-state index is 12.7. The maximum Gasteiger partial charge on any atom is 0.408 e. The van der Waals surface area contributed by atoms with Crippen molar-refractivity contribution in [3.05, 3.63) is 71.3 Å². The highest BCUT2D eigenvalue weighted by molar-refractivity contribution is 5.82. The molecule has 0 atom stereocenters. The molecule has 198 valence electrons. The molecule has 4 aromatic rings. The molecule has 1 aliphatic rings. The third-order valence-electron chi connectivity index (χ3n) is 7.98. The van der Waals surface area contributed by atoms with Gasteiger partial charge in [-0.3, -0.25) is 0 Å². The fourth-order valence-electron chi connectivity index (χ4n) is 5.00. The van der Waals surface area contributed by atoms with Crippen LogP contribution in [0.15, 0.2) is 54.6 Å². The van der Waals surface area contributed by atoms with Gasteiger partial charge in [-0.15, -0.1) is 5.10 Å². The Morgan fingerprint density at radius 1 is 1.03 bits per heavy atom. The van der Waals surface area contributed by atoms with E-state index in [0.717, 1.165) is 70.5 Å². The average molecular weight is 513 g/mol. The van der Waals surface area contributed by atoms with E-state index in [4.69, 9.17) is 19.6 Å². The van der Waals surface area contributed by atoms with Crippen LogP contribution in [0.1, 0.15) is 63.1 Å². The molecule has 1 fully saturated rings. The number of amides is 1. The zero-order chi connectivity index (χ0) is 27.1. The van der Waals surface area contributed by atoms with E-state index >= 15 is 0 Å². The normalized spacial score (nSPS) is 14.7. The summed E-state index contributed by atoms with van der Waals surface area (Å²) in [6.45, 7) is 9.94. The Balaban J connectivity index is 1.55. The van der Waals surface area contributed by atoms with Crippen molar-refractivity contribution in [3.8, 4) is 28.4 Å². The number of imidazole rings is 1. The van der Waals surface area contributed by atoms with Gasteiger partial charge in [-0.2, -0.15) is 0 Å². The molecule has 7 nitrogen and oxygen atoms in total. The second-order valence-corrected chi connectivity index (χ2v) is 10.8. The number of hydrogen-bond acceptors (Lipinski definition) is 5. The fourth-order valence-corrected chi connectivity index (χ4v) is 5.00. The number of nitrogens with one attached hydrogen (secondary N) is 1. The lowest BCUT2D eigenvalue weighted by Gasteiger charge is -2.43. The lowest BCUT2D eigenvalue weighted by atomic mass is 9.71. The van der Waals surface area contributed by atoms with Gasteiger partial charge in [0.25, 0.3) is 0 Å². The van der Waals surface area contributed by atoms with E-state index in [0.29, 0.717) is 5.88 Å². The molecule has 1 aliphatic carbocycles. The van der Waals surface area contributed by atoms with Gasteiger partial charge in [0.05, 0.1) is 18.3 Å². The van der Waals surface area contributed by atoms with Crippen LogP contribution in [0.5, 0.6) is 5.88 Å². The summed E-state index contributed by atoms with van der Waals surface area (Å²) in [6.07, 6.45) is 3.23. The number of nitrogens with zero attached hydrogens (tertiary/aromatic N) is 3. The van der Waals surface area contributed by atoms with Crippen molar-refractivity contribution in [2.75, 3.05) is 7.11 Å². The van der Waals surface area contributed by atoms with Crippen LogP contribution >= 0.6 is 0 Å². The molecule has 0 radical (unpaired) electrons. The summed E-state index contributed by atoms with van der Waals surface area (Å²) in [7, 11) is 1.64. The molecule has 1 N–H and O–H groups in total. The number of carbonyl (C=O) groups is 1. The second-order valence-electron chi connectivity index (χ2n) is 10.8. The fraction of sp³-hybridized carbons (Fsp3) is 0.387. The summed E-state index contributed by atoms with van der Waals surface area (Å²) in [6, 6.07) is 18.6. The van der Waals surface area contributed by atoms with E-state index in [2.05, 4.69) is 48.6 Å². The first-order valence-corrected chi connectivity index (χ1v) is 13.3. The Morgan fingerprint density at radius 2 is 1.71 bits per heavy atom. The molecule has 0 spiro atoms. The monoisotopic (exact) mass is 512 g/mol. The molecule has 2 heterocycles. The summed E-state index contributed by atoms with van der Waals surface area (Å²) in [5, 5.41) is 7.97. The Hall–Kier alpha value is -3.87. The Kier molecular flexibility index (Phi) is 6.63. The SMILES string of the molecule is CCC(C)(C)OC(=O)NC1(c2ccc(-c3nc4c(C)c(C)c(OC)nn4c3-c3ccccc3)cc2)CCC1. The van der Waals surface area contributed by atoms with Crippen LogP contribution in [0.25, 0.3) is 28.2 Å². The van der Waals surface area contributed by atoms with E-state index in [-0.39, 0.29) is 6.09 Å². The van der Waals surface area contributed by atoms with Crippen molar-refractivity contribution >= 4 is 11.7 Å². The van der Waals surface area contributed by atoms with Crippen LogP contribution in [0.4, 0.5) is 4.79 Å². The first-order valence-electron chi connectivity index (χ1n) is 13.3. The van der Waals surface area contributed by atoms with Gasteiger partial charge in [-0.25, -0.2) is 14.3 Å². The number of aryl methyl sites for hydroxylation is 1. The summed E-state index contributed by atoms with van der Waals surface area (Å²) in [5.41, 5.74) is 6.77. The van der Waals surface area contributed by atoms with Gasteiger partial charge in [-0.05, 0) is 58.9 Å². The molecular formula is C31H36N4O3. The quantitative estimate of drug-likeness (QED) is 0.289. The molecule has 0 aliphatic heterocycles. The van der Waals surface area contributed by atoms with Gasteiger partial charge in [0.15, 0.2) is 5.65 Å². The van der Waals surface area contributed by atoms with E-state index in [1.807, 2.05) is 50.4 Å². The largest absolute Gasteiger partial charge is 0.480 e. The van der Waals surface area contributed by atoms with Gasteiger partial charge in [0.1, 0.15) is 11.3 Å². The zero-order valence-electron chi connectivity index (χ0n) is 23.1. The second kappa shape index (κ2) is 9.78. The van der Waals surface area contributed by atoms with Crippen molar-refractivity contribution in [3.63, 3.8) is 0 Å². The highest BCUT2D eigenvalue weighted by atomic mass is 16.6. The Labute approximate surface area is 224 Å². The highest BCUT2D eigenvalue weighted by Gasteiger charge is 2.41. The number of alkyl carbamates (subject to hydrolysis) is 1. The lowest BCUT2D eigenvalue weighted by Crippen LogP contribution is -2.52. The van der Waals surface area contributed by atoms with Crippen molar-refractivity contribution in [2.24, 2.45) is 0 Å². The molecule has 7 heteroatoms. The first-order chi connectivity index (χ1) is 18.2. The summed E-state index contributed by atoms with van der Waals surface area (Å²) < 4.78 is 13.2. The van der Waals surface area contributed by atoms with Crippen molar-refractivity contribution in [2.45, 2.75) is 71.4 Å². The number of methoxy groups -OCH3 is 1. The van der Waals surface area contributed by atoms with Gasteiger partial charge >= 0.3 is 6.09 Å². The average Bonchev–Trinajstić information content (AvgIpc) is 3.28. The predicted molar refractivity (Wildman–Crippen MR) is 149 cm³/mol. The van der Waals surface area contributed by atoms with E-state index in [9.17, 15) is 4.79 Å². The van der Waals surface area contributed by atoms with Crippen LogP contribution in [-0.2, 0) is 10.3 Å². The number of rotatable bonds is 7. The molecule has 0 unspecified atom stereocenters. The number of carbonyl (C=O) groups excluding carboxylic acids is 1. The minimum atomic E-state index is -0.497. The van der Waals surface area contributed by atoms with Crippen molar-refractivity contribution in [1.29, 1.82) is 0 Å². The molecule has 0 bridgehead atoms. The number of benzene rings is 2. The Bertz CT molecular complexity index is 1470. The third kappa shape index (κ3) is 4.51. The van der Waals surface area contributed by atoms with Crippen LogP contribution in [0.3, 0.4) is 0 Å². The smallest absolute Gasteiger partial charge is 0.408 e. The van der Waals surface area contributed by atoms with E-state index in [1.54, 1.807) is 7.11 Å². The first kappa shape index (κ1) is 25.8. The number of fused-ring (bicyclic) bond motifs is 1. The zero-order valence-corrected chi connectivity index (χ0v) is 23.1. The maximum atomic E-state index is 12.7. The van der Waals surface area contributed by atoms with Crippen LogP contribution in [-0.4, -0.2) is 33.4 Å². The molecule has 2 aromatic carbocycles. The standard InChI is InChI=1S/C31H36N4O3/c1-7-30(4,5)38-29(36)33-31(18-11-19-31)24-16-14-22(15-17-24)25-26(23-12-9-8-10-13-23)35-27(32-25)20(2)21(3)28(34-35)37-6/h8-10,12-17H,7,11,18-19H2,1-6H3,(H,33,36). The topological polar surface area (TPSA) is 77.8 Å². The molecule has 38 heavy (non-hydrogen) atoms. The van der Waals surface area contributed by atoms with Crippen molar-refractivity contribution in [1.82, 2.24) is 19.9 Å². The molecule has 5 rings (SSSR count). The van der Waals surface area contributed by atoms with Crippen LogP contribution in [0, 0.1) is 13.8 Å². The number of aromatic nitrogens is 3. The minimum absolute atomic E-state index is 0.363. The lowest BCUT2D eigenvalue weighted by molar-refractivity contribution is 0.0236. The van der Waals surface area contributed by atoms with E-state index < -0.39 is 11.1 Å². The van der Waals surface area contributed by atoms with E-state index in [1.165, 1.54) is 0 Å². The number of ether oxygens (including phenoxy) is 2. The van der Waals surface area contributed by atoms with Gasteiger partial charge in [-0.1, -0.05) is 61.5 Å². The minimum Gasteiger partial charge on any atom is -0.480 e. The molecule has 1 saturated carbocycles. The van der Waals surface area contributed by atoms with Gasteiger partial charge in [0.2, 0.25) is 5.88 Å². The molecule has 0 saturated heterocycles. The van der Waals surface area contributed by atoms with Gasteiger partial charge < -0.3 is 14.8 Å². The number of hydrogen-bond donors (Lipinski definition) is 1. The summed E-state index contributed by atoms with van der Waals surface area (Å²) in [5.74, 6) is 0.586. The van der Waals surface area contributed by atoms with Crippen molar-refractivity contribution < 1.29 is 14.3 Å². The summed E-state index contributed by atoms with van der Waals surface area (Å²) in [4.78, 5) is 17.8. The van der Waals surface area contributed by atoms with Gasteiger partial charge in [0, 0.05) is 22.3 Å².